The maximum Gasteiger partial charge on any atom is 0.269 e. The number of hydrogen-bond acceptors (Lipinski definition) is 5. The molecule has 33 heavy (non-hydrogen) atoms. The van der Waals surface area contributed by atoms with Gasteiger partial charge in [0.2, 0.25) is 5.91 Å². The van der Waals surface area contributed by atoms with Gasteiger partial charge in [0, 0.05) is 5.56 Å². The molecule has 3 aromatic carbocycles. The number of thioether (sulfide) groups is 1. The molecule has 0 unspecified atom stereocenters. The first-order chi connectivity index (χ1) is 15.9. The molecule has 0 saturated carbocycles. The molecule has 0 aliphatic carbocycles. The van der Waals surface area contributed by atoms with E-state index in [0.29, 0.717) is 10.9 Å². The zero-order valence-electron chi connectivity index (χ0n) is 16.9. The van der Waals surface area contributed by atoms with E-state index in [0.717, 1.165) is 28.5 Å². The molecule has 4 aromatic rings. The average Bonchev–Trinajstić information content (AvgIpc) is 2.82. The summed E-state index contributed by atoms with van der Waals surface area (Å²) in [6, 6.07) is 17.2. The Morgan fingerprint density at radius 1 is 0.909 bits per heavy atom. The van der Waals surface area contributed by atoms with Gasteiger partial charge in [0.1, 0.15) is 11.6 Å². The third-order valence-corrected chi connectivity index (χ3v) is 5.53. The zero-order chi connectivity index (χ0) is 23.4. The van der Waals surface area contributed by atoms with Gasteiger partial charge in [0.15, 0.2) is 5.16 Å². The molecule has 0 spiro atoms. The van der Waals surface area contributed by atoms with Crippen molar-refractivity contribution in [1.82, 2.24) is 20.4 Å². The summed E-state index contributed by atoms with van der Waals surface area (Å²) in [5, 5.41) is 0.421. The molecule has 2 amide bonds. The van der Waals surface area contributed by atoms with Crippen LogP contribution in [-0.2, 0) is 4.79 Å². The van der Waals surface area contributed by atoms with Gasteiger partial charge in [-0.1, -0.05) is 36.0 Å². The van der Waals surface area contributed by atoms with E-state index in [4.69, 9.17) is 0 Å². The maximum atomic E-state index is 14.5. The van der Waals surface area contributed by atoms with Gasteiger partial charge >= 0.3 is 0 Å². The molecule has 7 nitrogen and oxygen atoms in total. The smallest absolute Gasteiger partial charge is 0.269 e. The molecule has 0 atom stereocenters. The summed E-state index contributed by atoms with van der Waals surface area (Å²) >= 11 is 0.909. The molecule has 10 heteroatoms. The molecule has 0 radical (unpaired) electrons. The number of amides is 2. The monoisotopic (exact) mass is 466 g/mol. The van der Waals surface area contributed by atoms with Gasteiger partial charge in [-0.25, -0.2) is 13.8 Å². The summed E-state index contributed by atoms with van der Waals surface area (Å²) in [5.41, 5.74) is 4.57. The van der Waals surface area contributed by atoms with Crippen LogP contribution < -0.4 is 16.4 Å². The molecule has 0 bridgehead atoms. The highest BCUT2D eigenvalue weighted by molar-refractivity contribution is 7.99. The van der Waals surface area contributed by atoms with E-state index in [2.05, 4.69) is 15.8 Å². The lowest BCUT2D eigenvalue weighted by atomic mass is 10.2. The van der Waals surface area contributed by atoms with Gasteiger partial charge in [-0.05, 0) is 48.5 Å². The first kappa shape index (κ1) is 22.2. The Labute approximate surface area is 190 Å². The SMILES string of the molecule is O=C(CSc1nc2ccccc2c(=O)n1-c1ccccc1F)NNC(=O)c1ccc(F)cc1. The molecule has 0 aliphatic rings. The number of halogens is 2. The van der Waals surface area contributed by atoms with Crippen LogP contribution in [-0.4, -0.2) is 27.1 Å². The Balaban J connectivity index is 1.54. The van der Waals surface area contributed by atoms with Crippen LogP contribution in [0.1, 0.15) is 10.4 Å². The van der Waals surface area contributed by atoms with Gasteiger partial charge in [0.25, 0.3) is 11.5 Å². The van der Waals surface area contributed by atoms with Crippen LogP contribution in [0, 0.1) is 11.6 Å². The van der Waals surface area contributed by atoms with Gasteiger partial charge < -0.3 is 0 Å². The van der Waals surface area contributed by atoms with Crippen LogP contribution in [0.3, 0.4) is 0 Å². The third-order valence-electron chi connectivity index (χ3n) is 4.59. The minimum atomic E-state index is -0.625. The fourth-order valence-corrected chi connectivity index (χ4v) is 3.83. The van der Waals surface area contributed by atoms with Gasteiger partial charge in [-0.2, -0.15) is 0 Å². The molecule has 0 saturated heterocycles. The van der Waals surface area contributed by atoms with E-state index >= 15 is 0 Å². The number of nitrogens with one attached hydrogen (secondary N) is 2. The molecule has 0 aliphatic heterocycles. The normalized spacial score (nSPS) is 10.7. The van der Waals surface area contributed by atoms with Crippen molar-refractivity contribution in [3.63, 3.8) is 0 Å². The Morgan fingerprint density at radius 3 is 2.36 bits per heavy atom. The highest BCUT2D eigenvalue weighted by Crippen LogP contribution is 2.22. The van der Waals surface area contributed by atoms with Crippen LogP contribution in [0.2, 0.25) is 0 Å². The topological polar surface area (TPSA) is 93.1 Å². The Morgan fingerprint density at radius 2 is 1.61 bits per heavy atom. The van der Waals surface area contributed by atoms with Gasteiger partial charge in [0.05, 0.1) is 22.3 Å². The number of nitrogens with zero attached hydrogens (tertiary/aromatic N) is 2. The van der Waals surface area contributed by atoms with E-state index < -0.39 is 29.0 Å². The predicted molar refractivity (Wildman–Crippen MR) is 120 cm³/mol. The Kier molecular flexibility index (Phi) is 6.45. The lowest BCUT2D eigenvalue weighted by Crippen LogP contribution is -2.42. The number of carbonyl (C=O) groups is 2. The van der Waals surface area contributed by atoms with Crippen LogP contribution >= 0.6 is 11.8 Å². The van der Waals surface area contributed by atoms with E-state index in [9.17, 15) is 23.2 Å². The molecule has 1 heterocycles. The van der Waals surface area contributed by atoms with Crippen molar-refractivity contribution < 1.29 is 18.4 Å². The van der Waals surface area contributed by atoms with Crippen molar-refractivity contribution in [2.75, 3.05) is 5.75 Å². The number of aromatic nitrogens is 2. The highest BCUT2D eigenvalue weighted by Gasteiger charge is 2.17. The van der Waals surface area contributed by atoms with E-state index in [1.165, 1.54) is 30.3 Å². The van der Waals surface area contributed by atoms with Gasteiger partial charge in [-0.3, -0.25) is 29.8 Å². The van der Waals surface area contributed by atoms with Crippen molar-refractivity contribution in [3.05, 3.63) is 100 Å². The van der Waals surface area contributed by atoms with Gasteiger partial charge in [-0.15, -0.1) is 0 Å². The van der Waals surface area contributed by atoms with Crippen molar-refractivity contribution >= 4 is 34.5 Å². The van der Waals surface area contributed by atoms with Crippen LogP contribution in [0.25, 0.3) is 16.6 Å². The first-order valence-electron chi connectivity index (χ1n) is 9.68. The van der Waals surface area contributed by atoms with Crippen LogP contribution in [0.4, 0.5) is 8.78 Å². The third kappa shape index (κ3) is 4.90. The average molecular weight is 466 g/mol. The summed E-state index contributed by atoms with van der Waals surface area (Å²) in [5.74, 6) is -2.54. The number of hydrogen-bond donors (Lipinski definition) is 2. The number of carbonyl (C=O) groups excluding carboxylic acids is 2. The van der Waals surface area contributed by atoms with Crippen molar-refractivity contribution in [3.8, 4) is 5.69 Å². The molecule has 166 valence electrons. The van der Waals surface area contributed by atoms with Crippen LogP contribution in [0.5, 0.6) is 0 Å². The highest BCUT2D eigenvalue weighted by atomic mass is 32.2. The van der Waals surface area contributed by atoms with E-state index in [1.807, 2.05) is 0 Å². The summed E-state index contributed by atoms with van der Waals surface area (Å²) in [7, 11) is 0. The summed E-state index contributed by atoms with van der Waals surface area (Å²) in [6.07, 6.45) is 0. The number of benzene rings is 3. The zero-order valence-corrected chi connectivity index (χ0v) is 17.7. The fraction of sp³-hybridized carbons (Fsp3) is 0.0435. The second kappa shape index (κ2) is 9.61. The number of hydrazine groups is 1. The number of fused-ring (bicyclic) bond motifs is 1. The maximum absolute atomic E-state index is 14.5. The second-order valence-corrected chi connectivity index (χ2v) is 7.74. The number of para-hydroxylation sites is 2. The quantitative estimate of drug-likeness (QED) is 0.268. The van der Waals surface area contributed by atoms with Crippen molar-refractivity contribution in [2.45, 2.75) is 5.16 Å². The summed E-state index contributed by atoms with van der Waals surface area (Å²) in [6.45, 7) is 0. The van der Waals surface area contributed by atoms with E-state index in [1.54, 1.807) is 30.3 Å². The van der Waals surface area contributed by atoms with E-state index in [-0.39, 0.29) is 22.2 Å². The predicted octanol–water partition coefficient (Wildman–Crippen LogP) is 3.22. The molecule has 2 N–H and O–H groups in total. The summed E-state index contributed by atoms with van der Waals surface area (Å²) < 4.78 is 28.6. The standard InChI is InChI=1S/C23H16F2N4O3S/c24-15-11-9-14(10-12-15)21(31)28-27-20(30)13-33-23-26-18-7-3-1-5-16(18)22(32)29(23)19-8-4-2-6-17(19)25/h1-12H,13H2,(H,27,30)(H,28,31). The second-order valence-electron chi connectivity index (χ2n) is 6.80. The largest absolute Gasteiger partial charge is 0.272 e. The molecule has 4 rings (SSSR count). The minimum absolute atomic E-state index is 0.00766. The fourth-order valence-electron chi connectivity index (χ4n) is 3.02. The minimum Gasteiger partial charge on any atom is -0.272 e. The van der Waals surface area contributed by atoms with Crippen molar-refractivity contribution in [1.29, 1.82) is 0 Å². The molecular formula is C23H16F2N4O3S. The van der Waals surface area contributed by atoms with Crippen LogP contribution in [0.15, 0.2) is 82.7 Å². The van der Waals surface area contributed by atoms with Crippen molar-refractivity contribution in [2.24, 2.45) is 0 Å². The lowest BCUT2D eigenvalue weighted by molar-refractivity contribution is -0.119. The molecule has 1 aromatic heterocycles. The molecule has 0 fully saturated rings. The Bertz CT molecular complexity index is 1410. The summed E-state index contributed by atoms with van der Waals surface area (Å²) in [4.78, 5) is 41.9. The first-order valence-corrected chi connectivity index (χ1v) is 10.7. The Hall–Kier alpha value is -4.05. The molecular weight excluding hydrogens is 450 g/mol. The lowest BCUT2D eigenvalue weighted by Gasteiger charge is -2.14. The number of rotatable bonds is 5.